The lowest BCUT2D eigenvalue weighted by Gasteiger charge is -2.22. The fourth-order valence-electron chi connectivity index (χ4n) is 4.39. The molecule has 1 aliphatic carbocycles. The van der Waals surface area contributed by atoms with E-state index in [1.54, 1.807) is 23.4 Å². The van der Waals surface area contributed by atoms with Gasteiger partial charge in [0, 0.05) is 31.3 Å². The van der Waals surface area contributed by atoms with Crippen molar-refractivity contribution < 1.29 is 19.1 Å². The Hall–Kier alpha value is -3.32. The van der Waals surface area contributed by atoms with Crippen molar-refractivity contribution in [1.29, 1.82) is 0 Å². The lowest BCUT2D eigenvalue weighted by molar-refractivity contribution is -0.125. The minimum absolute atomic E-state index is 0.199. The molecule has 7 heteroatoms. The molecule has 1 fully saturated rings. The fourth-order valence-corrected chi connectivity index (χ4v) is 4.39. The predicted molar refractivity (Wildman–Crippen MR) is 134 cm³/mol. The van der Waals surface area contributed by atoms with E-state index >= 15 is 4.39 Å². The summed E-state index contributed by atoms with van der Waals surface area (Å²) in [6.07, 6.45) is 6.38. The maximum Gasteiger partial charge on any atom is 0.253 e. The Labute approximate surface area is 205 Å². The van der Waals surface area contributed by atoms with E-state index in [0.717, 1.165) is 17.5 Å². The predicted octanol–water partition coefficient (Wildman–Crippen LogP) is 5.05. The third-order valence-corrected chi connectivity index (χ3v) is 6.64. The van der Waals surface area contributed by atoms with Crippen molar-refractivity contribution in [3.05, 3.63) is 65.8 Å². The highest BCUT2D eigenvalue weighted by Crippen LogP contribution is 2.38. The van der Waals surface area contributed by atoms with Crippen LogP contribution in [-0.4, -0.2) is 49.9 Å². The zero-order valence-corrected chi connectivity index (χ0v) is 20.6. The molecule has 35 heavy (non-hydrogen) atoms. The van der Waals surface area contributed by atoms with Gasteiger partial charge in [0.25, 0.3) is 5.91 Å². The largest absolute Gasteiger partial charge is 0.382 e. The molecule has 0 unspecified atom stereocenters. The number of amides is 1. The Bertz CT molecular complexity index is 1290. The number of hydrogen-bond acceptors (Lipinski definition) is 4. The van der Waals surface area contributed by atoms with E-state index in [1.807, 2.05) is 49.7 Å². The molecule has 1 N–H and O–H groups in total. The number of aliphatic hydroxyl groups is 1. The molecule has 0 saturated heterocycles. The summed E-state index contributed by atoms with van der Waals surface area (Å²) in [6, 6.07) is 10.2. The first-order valence-corrected chi connectivity index (χ1v) is 12.2. The zero-order valence-electron chi connectivity index (χ0n) is 20.6. The number of ketones is 1. The number of aryl methyl sites for hydroxylation is 1. The van der Waals surface area contributed by atoms with E-state index in [9.17, 15) is 14.7 Å². The Kier molecular flexibility index (Phi) is 7.17. The Balaban J connectivity index is 1.49. The number of imidazole rings is 1. The first-order valence-electron chi connectivity index (χ1n) is 12.2. The molecule has 6 nitrogen and oxygen atoms in total. The van der Waals surface area contributed by atoms with E-state index < -0.39 is 11.4 Å². The van der Waals surface area contributed by atoms with Crippen LogP contribution in [0.25, 0.3) is 22.2 Å². The second-order valence-electron chi connectivity index (χ2n) is 9.28. The molecule has 2 aromatic carbocycles. The van der Waals surface area contributed by atoms with Crippen molar-refractivity contribution in [2.24, 2.45) is 7.05 Å². The van der Waals surface area contributed by atoms with Gasteiger partial charge < -0.3 is 14.6 Å². The average Bonchev–Trinajstić information content (AvgIpc) is 3.51. The molecule has 1 amide bonds. The van der Waals surface area contributed by atoms with Crippen LogP contribution < -0.4 is 0 Å². The number of carbonyl (C=O) groups is 2. The number of nitrogens with zero attached hydrogens (tertiary/aromatic N) is 3. The topological polar surface area (TPSA) is 75.4 Å². The zero-order chi connectivity index (χ0) is 25.2. The van der Waals surface area contributed by atoms with Crippen LogP contribution in [0.5, 0.6) is 0 Å². The van der Waals surface area contributed by atoms with Crippen molar-refractivity contribution >= 4 is 22.7 Å². The van der Waals surface area contributed by atoms with E-state index in [0.29, 0.717) is 61.0 Å². The second-order valence-corrected chi connectivity index (χ2v) is 9.28. The van der Waals surface area contributed by atoms with Crippen LogP contribution >= 0.6 is 0 Å². The van der Waals surface area contributed by atoms with E-state index in [1.165, 1.54) is 6.07 Å². The number of hydrogen-bond donors (Lipinski definition) is 1. The van der Waals surface area contributed by atoms with Crippen molar-refractivity contribution in [2.75, 3.05) is 13.1 Å². The van der Waals surface area contributed by atoms with Gasteiger partial charge in [0.15, 0.2) is 5.78 Å². The molecule has 3 aromatic rings. The molecule has 0 bridgehead atoms. The number of benzene rings is 2. The Morgan fingerprint density at radius 1 is 1.17 bits per heavy atom. The van der Waals surface area contributed by atoms with Gasteiger partial charge in [0.2, 0.25) is 0 Å². The van der Waals surface area contributed by atoms with Crippen molar-refractivity contribution in [2.45, 2.75) is 51.6 Å². The number of aromatic nitrogens is 2. The molecule has 0 atom stereocenters. The Morgan fingerprint density at radius 2 is 1.94 bits per heavy atom. The first kappa shape index (κ1) is 24.8. The molecule has 4 rings (SSSR count). The molecule has 184 valence electrons. The van der Waals surface area contributed by atoms with E-state index in [4.69, 9.17) is 0 Å². The van der Waals surface area contributed by atoms with Crippen LogP contribution in [0.1, 0.15) is 56.3 Å². The smallest absolute Gasteiger partial charge is 0.253 e. The minimum atomic E-state index is -1.18. The third kappa shape index (κ3) is 5.20. The molecule has 0 aliphatic heterocycles. The van der Waals surface area contributed by atoms with Gasteiger partial charge in [0.05, 0.1) is 17.4 Å². The average molecular weight is 478 g/mol. The van der Waals surface area contributed by atoms with Crippen LogP contribution in [-0.2, 0) is 11.8 Å². The van der Waals surface area contributed by atoms with Gasteiger partial charge in [-0.2, -0.15) is 0 Å². The SMILES string of the molecule is CCCN(CC/C=C(/CC)C(=O)C1(O)CC1)C(=O)c1ccc(-c2ccc3c(c2)ncn3C)c(F)c1. The lowest BCUT2D eigenvalue weighted by atomic mass is 10.0. The molecular weight excluding hydrogens is 445 g/mol. The normalized spacial score (nSPS) is 14.8. The van der Waals surface area contributed by atoms with Gasteiger partial charge in [-0.25, -0.2) is 9.37 Å². The molecule has 1 aliphatic rings. The summed E-state index contributed by atoms with van der Waals surface area (Å²) in [7, 11) is 1.91. The summed E-state index contributed by atoms with van der Waals surface area (Å²) in [5.74, 6) is -0.898. The highest BCUT2D eigenvalue weighted by molar-refractivity contribution is 6.03. The van der Waals surface area contributed by atoms with Gasteiger partial charge in [-0.15, -0.1) is 0 Å². The molecule has 1 aromatic heterocycles. The molecule has 0 radical (unpaired) electrons. The van der Waals surface area contributed by atoms with Gasteiger partial charge in [-0.3, -0.25) is 9.59 Å². The summed E-state index contributed by atoms with van der Waals surface area (Å²) in [6.45, 7) is 4.82. The summed E-state index contributed by atoms with van der Waals surface area (Å²) in [5.41, 5.74) is 2.59. The van der Waals surface area contributed by atoms with Crippen molar-refractivity contribution in [1.82, 2.24) is 14.5 Å². The van der Waals surface area contributed by atoms with Crippen molar-refractivity contribution in [3.8, 4) is 11.1 Å². The van der Waals surface area contributed by atoms with E-state index in [2.05, 4.69) is 4.98 Å². The van der Waals surface area contributed by atoms with Gasteiger partial charge in [0.1, 0.15) is 11.4 Å². The standard InChI is InChI=1S/C28H32FN3O3/c1-4-14-32(15-6-7-19(5-2)26(33)28(35)12-13-28)27(34)21-8-10-22(23(29)16-21)20-9-11-25-24(17-20)30-18-31(25)3/h7-11,16-18,35H,4-6,12-15H2,1-3H3/b19-7-. The highest BCUT2D eigenvalue weighted by atomic mass is 19.1. The number of Topliss-reactive ketones (excluding diaryl/α,β-unsaturated/α-hetero) is 1. The van der Waals surface area contributed by atoms with Crippen LogP contribution in [0.4, 0.5) is 4.39 Å². The summed E-state index contributed by atoms with van der Waals surface area (Å²) in [4.78, 5) is 31.6. The number of carbonyl (C=O) groups excluding carboxylic acids is 2. The van der Waals surface area contributed by atoms with Crippen LogP contribution in [0.3, 0.4) is 0 Å². The molecule has 1 saturated carbocycles. The highest BCUT2D eigenvalue weighted by Gasteiger charge is 2.48. The number of rotatable bonds is 10. The second kappa shape index (κ2) is 10.1. The van der Waals surface area contributed by atoms with Gasteiger partial charge >= 0.3 is 0 Å². The van der Waals surface area contributed by atoms with E-state index in [-0.39, 0.29) is 11.7 Å². The summed E-state index contributed by atoms with van der Waals surface area (Å²) >= 11 is 0. The maximum absolute atomic E-state index is 15.1. The quantitative estimate of drug-likeness (QED) is 0.415. The fraction of sp³-hybridized carbons (Fsp3) is 0.393. The monoisotopic (exact) mass is 477 g/mol. The molecular formula is C28H32FN3O3. The minimum Gasteiger partial charge on any atom is -0.382 e. The molecule has 1 heterocycles. The summed E-state index contributed by atoms with van der Waals surface area (Å²) in [5, 5.41) is 10.1. The van der Waals surface area contributed by atoms with Crippen molar-refractivity contribution in [3.63, 3.8) is 0 Å². The first-order chi connectivity index (χ1) is 16.8. The third-order valence-electron chi connectivity index (χ3n) is 6.64. The Morgan fingerprint density at radius 3 is 2.60 bits per heavy atom. The van der Waals surface area contributed by atoms with Crippen LogP contribution in [0.2, 0.25) is 0 Å². The lowest BCUT2D eigenvalue weighted by Crippen LogP contribution is -2.32. The van der Waals surface area contributed by atoms with Crippen LogP contribution in [0, 0.1) is 5.82 Å². The van der Waals surface area contributed by atoms with Gasteiger partial charge in [-0.1, -0.05) is 32.1 Å². The molecule has 0 spiro atoms. The summed E-state index contributed by atoms with van der Waals surface area (Å²) < 4.78 is 17.0. The number of fused-ring (bicyclic) bond motifs is 1. The maximum atomic E-state index is 15.1. The van der Waals surface area contributed by atoms with Crippen LogP contribution in [0.15, 0.2) is 54.4 Å². The number of halogens is 1. The van der Waals surface area contributed by atoms with Gasteiger partial charge in [-0.05, 0) is 67.5 Å².